The summed E-state index contributed by atoms with van der Waals surface area (Å²) < 4.78 is 27.0. The summed E-state index contributed by atoms with van der Waals surface area (Å²) >= 11 is 0. The van der Waals surface area contributed by atoms with Gasteiger partial charge in [-0.05, 0) is 25.0 Å². The van der Waals surface area contributed by atoms with E-state index in [1.807, 2.05) is 0 Å². The maximum atomic E-state index is 12.8. The average molecular weight is 299 g/mol. The zero-order valence-corrected chi connectivity index (χ0v) is 12.4. The number of anilines is 1. The first-order valence-corrected chi connectivity index (χ1v) is 8.30. The Kier molecular flexibility index (Phi) is 4.95. The van der Waals surface area contributed by atoms with Crippen LogP contribution in [0.25, 0.3) is 0 Å². The Bertz CT molecular complexity index is 548. The Morgan fingerprint density at radius 1 is 1.45 bits per heavy atom. The zero-order chi connectivity index (χ0) is 14.6. The molecule has 0 bridgehead atoms. The second kappa shape index (κ2) is 6.51. The lowest BCUT2D eigenvalue weighted by molar-refractivity contribution is 0.186. The number of rotatable bonds is 4. The summed E-state index contributed by atoms with van der Waals surface area (Å²) in [5.74, 6) is 0. The minimum Gasteiger partial charge on any atom is -0.395 e. The fourth-order valence-electron chi connectivity index (χ4n) is 2.55. The molecular weight excluding hydrogens is 278 g/mol. The van der Waals surface area contributed by atoms with Gasteiger partial charge in [0.15, 0.2) is 5.03 Å². The van der Waals surface area contributed by atoms with Crippen molar-refractivity contribution in [3.63, 3.8) is 0 Å². The van der Waals surface area contributed by atoms with E-state index in [0.29, 0.717) is 18.7 Å². The molecule has 0 radical (unpaired) electrons. The first-order chi connectivity index (χ1) is 9.61. The molecule has 1 saturated heterocycles. The summed E-state index contributed by atoms with van der Waals surface area (Å²) in [6.07, 6.45) is 4.91. The Balaban J connectivity index is 2.41. The van der Waals surface area contributed by atoms with Gasteiger partial charge in [0.1, 0.15) is 0 Å². The lowest BCUT2D eigenvalue weighted by atomic mass is 10.1. The molecule has 20 heavy (non-hydrogen) atoms. The Labute approximate surface area is 119 Å². The number of pyridine rings is 1. The van der Waals surface area contributed by atoms with Gasteiger partial charge in [-0.1, -0.05) is 12.8 Å². The van der Waals surface area contributed by atoms with E-state index in [9.17, 15) is 13.5 Å². The average Bonchev–Trinajstić information content (AvgIpc) is 2.72. The van der Waals surface area contributed by atoms with Gasteiger partial charge in [0.25, 0.3) is 10.0 Å². The molecular formula is C13H21N3O3S. The minimum atomic E-state index is -3.69. The number of hydrogen-bond acceptors (Lipinski definition) is 5. The van der Waals surface area contributed by atoms with Crippen LogP contribution in [0.4, 0.5) is 5.69 Å². The number of aliphatic hydroxyl groups is 1. The van der Waals surface area contributed by atoms with Crippen molar-refractivity contribution < 1.29 is 13.5 Å². The van der Waals surface area contributed by atoms with E-state index in [1.165, 1.54) is 10.5 Å². The second-order valence-electron chi connectivity index (χ2n) is 4.91. The van der Waals surface area contributed by atoms with Gasteiger partial charge in [0, 0.05) is 25.8 Å². The molecule has 0 spiro atoms. The largest absolute Gasteiger partial charge is 0.395 e. The van der Waals surface area contributed by atoms with E-state index in [1.54, 1.807) is 19.2 Å². The predicted molar refractivity (Wildman–Crippen MR) is 77.0 cm³/mol. The first kappa shape index (κ1) is 15.2. The van der Waals surface area contributed by atoms with Crippen LogP contribution in [0.1, 0.15) is 25.7 Å². The van der Waals surface area contributed by atoms with Crippen LogP contribution in [0.3, 0.4) is 0 Å². The van der Waals surface area contributed by atoms with Crippen molar-refractivity contribution in [1.82, 2.24) is 9.29 Å². The van der Waals surface area contributed by atoms with Crippen LogP contribution in [0.2, 0.25) is 0 Å². The van der Waals surface area contributed by atoms with Crippen LogP contribution in [0.15, 0.2) is 23.4 Å². The lowest BCUT2D eigenvalue weighted by Crippen LogP contribution is -2.42. The number of hydrogen-bond donors (Lipinski definition) is 2. The molecule has 1 unspecified atom stereocenters. The molecule has 2 N–H and O–H groups in total. The summed E-state index contributed by atoms with van der Waals surface area (Å²) in [7, 11) is -2.02. The van der Waals surface area contributed by atoms with Crippen molar-refractivity contribution in [3.8, 4) is 0 Å². The van der Waals surface area contributed by atoms with Crippen LogP contribution in [-0.4, -0.2) is 49.1 Å². The van der Waals surface area contributed by atoms with Crippen LogP contribution in [0.5, 0.6) is 0 Å². The first-order valence-electron chi connectivity index (χ1n) is 6.86. The van der Waals surface area contributed by atoms with Crippen molar-refractivity contribution in [1.29, 1.82) is 0 Å². The number of nitrogens with zero attached hydrogens (tertiary/aromatic N) is 2. The van der Waals surface area contributed by atoms with Gasteiger partial charge in [-0.3, -0.25) is 0 Å². The van der Waals surface area contributed by atoms with Crippen molar-refractivity contribution in [3.05, 3.63) is 18.3 Å². The normalized spacial score (nSPS) is 21.4. The summed E-state index contributed by atoms with van der Waals surface area (Å²) in [5, 5.41) is 12.4. The molecule has 1 aliphatic rings. The van der Waals surface area contributed by atoms with E-state index in [0.717, 1.165) is 19.3 Å². The van der Waals surface area contributed by atoms with Crippen molar-refractivity contribution in [2.75, 3.05) is 25.5 Å². The monoisotopic (exact) mass is 299 g/mol. The third-order valence-corrected chi connectivity index (χ3v) is 5.54. The van der Waals surface area contributed by atoms with E-state index in [2.05, 4.69) is 10.3 Å². The molecule has 112 valence electrons. The molecule has 1 aromatic heterocycles. The number of sulfonamides is 1. The lowest BCUT2D eigenvalue weighted by Gasteiger charge is -2.27. The van der Waals surface area contributed by atoms with E-state index >= 15 is 0 Å². The Hall–Kier alpha value is -1.18. The van der Waals surface area contributed by atoms with E-state index in [-0.39, 0.29) is 17.7 Å². The van der Waals surface area contributed by atoms with Crippen molar-refractivity contribution in [2.24, 2.45) is 0 Å². The summed E-state index contributed by atoms with van der Waals surface area (Å²) in [4.78, 5) is 4.02. The molecule has 1 fully saturated rings. The fraction of sp³-hybridized carbons (Fsp3) is 0.615. The molecule has 0 aromatic carbocycles. The quantitative estimate of drug-likeness (QED) is 0.868. The van der Waals surface area contributed by atoms with E-state index < -0.39 is 10.0 Å². The number of aliphatic hydroxyl groups excluding tert-OH is 1. The third kappa shape index (κ3) is 2.94. The number of aromatic nitrogens is 1. The van der Waals surface area contributed by atoms with Gasteiger partial charge < -0.3 is 10.4 Å². The second-order valence-corrected chi connectivity index (χ2v) is 6.71. The van der Waals surface area contributed by atoms with Crippen LogP contribution in [-0.2, 0) is 10.0 Å². The maximum absolute atomic E-state index is 12.8. The molecule has 1 atom stereocenters. The molecule has 1 aliphatic heterocycles. The van der Waals surface area contributed by atoms with Gasteiger partial charge >= 0.3 is 0 Å². The fourth-order valence-corrected chi connectivity index (χ4v) is 4.35. The standard InChI is InChI=1S/C13H21N3O3S/c1-14-12-7-5-8-15-13(12)20(18,19)16-9-4-2-3-6-11(16)10-17/h5,7-8,11,14,17H,2-4,6,9-10H2,1H3. The maximum Gasteiger partial charge on any atom is 0.262 e. The number of nitrogens with one attached hydrogen (secondary N) is 1. The summed E-state index contributed by atoms with van der Waals surface area (Å²) in [5.41, 5.74) is 0.480. The van der Waals surface area contributed by atoms with Gasteiger partial charge in [0.05, 0.1) is 12.3 Å². The minimum absolute atomic E-state index is 0.0304. The Morgan fingerprint density at radius 3 is 2.95 bits per heavy atom. The highest BCUT2D eigenvalue weighted by Gasteiger charge is 2.34. The molecule has 7 heteroatoms. The molecule has 0 saturated carbocycles. The molecule has 2 heterocycles. The Morgan fingerprint density at radius 2 is 2.25 bits per heavy atom. The van der Waals surface area contributed by atoms with Gasteiger partial charge in [-0.2, -0.15) is 4.31 Å². The van der Waals surface area contributed by atoms with Gasteiger partial charge in [-0.15, -0.1) is 0 Å². The summed E-state index contributed by atoms with van der Waals surface area (Å²) in [6, 6.07) is 3.02. The van der Waals surface area contributed by atoms with Crippen LogP contribution in [0, 0.1) is 0 Å². The molecule has 0 amide bonds. The highest BCUT2D eigenvalue weighted by atomic mass is 32.2. The molecule has 2 rings (SSSR count). The molecule has 1 aromatic rings. The third-order valence-electron chi connectivity index (χ3n) is 3.63. The van der Waals surface area contributed by atoms with Crippen LogP contribution >= 0.6 is 0 Å². The SMILES string of the molecule is CNc1cccnc1S(=O)(=O)N1CCCCCC1CO. The van der Waals surface area contributed by atoms with Crippen molar-refractivity contribution in [2.45, 2.75) is 36.8 Å². The van der Waals surface area contributed by atoms with Crippen molar-refractivity contribution >= 4 is 15.7 Å². The highest BCUT2D eigenvalue weighted by molar-refractivity contribution is 7.89. The topological polar surface area (TPSA) is 82.5 Å². The predicted octanol–water partition coefficient (Wildman–Crippen LogP) is 1.05. The molecule has 0 aliphatic carbocycles. The highest BCUT2D eigenvalue weighted by Crippen LogP contribution is 2.27. The van der Waals surface area contributed by atoms with E-state index in [4.69, 9.17) is 0 Å². The zero-order valence-electron chi connectivity index (χ0n) is 11.6. The summed E-state index contributed by atoms with van der Waals surface area (Å²) in [6.45, 7) is 0.286. The van der Waals surface area contributed by atoms with Gasteiger partial charge in [0.2, 0.25) is 0 Å². The molecule has 6 nitrogen and oxygen atoms in total. The van der Waals surface area contributed by atoms with Gasteiger partial charge in [-0.25, -0.2) is 13.4 Å². The van der Waals surface area contributed by atoms with Crippen LogP contribution < -0.4 is 5.32 Å². The smallest absolute Gasteiger partial charge is 0.262 e.